The summed E-state index contributed by atoms with van der Waals surface area (Å²) in [5, 5.41) is 7.30. The Morgan fingerprint density at radius 2 is 1.81 bits per heavy atom. The molecule has 2 rings (SSSR count). The fourth-order valence-electron chi connectivity index (χ4n) is 1.65. The van der Waals surface area contributed by atoms with E-state index in [1.165, 1.54) is 0 Å². The molecular weight excluding hydrogens is 317 g/mol. The third-order valence-corrected chi connectivity index (χ3v) is 2.93. The summed E-state index contributed by atoms with van der Waals surface area (Å²) in [5.41, 5.74) is 1.05. The van der Waals surface area contributed by atoms with E-state index in [2.05, 4.69) is 22.1 Å². The van der Waals surface area contributed by atoms with Gasteiger partial charge in [-0.3, -0.25) is 5.01 Å². The van der Waals surface area contributed by atoms with E-state index >= 15 is 0 Å². The molecule has 0 atom stereocenters. The number of hydrogen-bond acceptors (Lipinski definition) is 4. The van der Waals surface area contributed by atoms with E-state index in [-0.39, 0.29) is 0 Å². The maximum atomic E-state index is 8.88. The highest BCUT2D eigenvalue weighted by molar-refractivity contribution is 7.45. The Morgan fingerprint density at radius 1 is 1.24 bits per heavy atom. The Balaban J connectivity index is 0.000000383. The van der Waals surface area contributed by atoms with Crippen LogP contribution in [0.25, 0.3) is 0 Å². The molecule has 3 N–H and O–H groups in total. The average molecular weight is 336 g/mol. The first kappa shape index (κ1) is 18.1. The van der Waals surface area contributed by atoms with Crippen molar-refractivity contribution in [2.24, 2.45) is 5.10 Å². The van der Waals surface area contributed by atoms with E-state index in [4.69, 9.17) is 30.8 Å². The summed E-state index contributed by atoms with van der Waals surface area (Å²) in [6.45, 7) is 4.14. The summed E-state index contributed by atoms with van der Waals surface area (Å²) >= 11 is 5.90. The molecular formula is C12H19ClN3O4P. The van der Waals surface area contributed by atoms with Gasteiger partial charge >= 0.3 is 7.82 Å². The molecule has 0 radical (unpaired) electrons. The van der Waals surface area contributed by atoms with Gasteiger partial charge in [0.25, 0.3) is 0 Å². The van der Waals surface area contributed by atoms with Crippen molar-refractivity contribution >= 4 is 25.6 Å². The summed E-state index contributed by atoms with van der Waals surface area (Å²) in [4.78, 5) is 23.9. The summed E-state index contributed by atoms with van der Waals surface area (Å²) in [6, 6.07) is 7.73. The van der Waals surface area contributed by atoms with Crippen molar-refractivity contribution in [3.8, 4) is 0 Å². The molecule has 0 amide bonds. The Bertz CT molecular complexity index is 507. The number of benzene rings is 1. The van der Waals surface area contributed by atoms with Gasteiger partial charge in [-0.25, -0.2) is 4.57 Å². The molecule has 0 saturated carbocycles. The van der Waals surface area contributed by atoms with Gasteiger partial charge in [-0.2, -0.15) is 5.10 Å². The van der Waals surface area contributed by atoms with Crippen LogP contribution in [-0.2, 0) is 4.57 Å². The minimum Gasteiger partial charge on any atom is -0.303 e. The molecule has 0 aromatic heterocycles. The fourth-order valence-corrected chi connectivity index (χ4v) is 1.85. The van der Waals surface area contributed by atoms with E-state index in [0.29, 0.717) is 0 Å². The highest BCUT2D eigenvalue weighted by Crippen LogP contribution is 2.25. The van der Waals surface area contributed by atoms with Crippen LogP contribution in [-0.4, -0.2) is 64.0 Å². The fraction of sp³-hybridized carbons (Fsp3) is 0.417. The van der Waals surface area contributed by atoms with Gasteiger partial charge in [0.2, 0.25) is 0 Å². The van der Waals surface area contributed by atoms with Crippen LogP contribution >= 0.6 is 19.4 Å². The van der Waals surface area contributed by atoms with Gasteiger partial charge in [0.05, 0.1) is 6.21 Å². The average Bonchev–Trinajstić information content (AvgIpc) is 2.36. The van der Waals surface area contributed by atoms with E-state index < -0.39 is 7.82 Å². The van der Waals surface area contributed by atoms with Gasteiger partial charge in [0.1, 0.15) is 0 Å². The molecule has 7 nitrogen and oxygen atoms in total. The minimum absolute atomic E-state index is 0.752. The van der Waals surface area contributed by atoms with E-state index in [1.54, 1.807) is 0 Å². The number of nitrogens with zero attached hydrogens (tertiary/aromatic N) is 3. The quantitative estimate of drug-likeness (QED) is 0.551. The standard InChI is InChI=1S/C12H16ClN3.H3O4P/c1-15-5-7-16(8-6-15)14-10-11-3-2-4-12(13)9-11;1-5(2,3)4/h2-4,9-10H,5-8H2,1H3;(H3,1,2,3,4)/b14-10+;. The van der Waals surface area contributed by atoms with Gasteiger partial charge in [-0.1, -0.05) is 23.7 Å². The van der Waals surface area contributed by atoms with Crippen LogP contribution in [0, 0.1) is 0 Å². The van der Waals surface area contributed by atoms with Crippen LogP contribution in [0.2, 0.25) is 5.02 Å². The Morgan fingerprint density at radius 3 is 2.33 bits per heavy atom. The second-order valence-corrected chi connectivity index (χ2v) is 6.03. The minimum atomic E-state index is -4.64. The molecule has 0 aliphatic carbocycles. The lowest BCUT2D eigenvalue weighted by Crippen LogP contribution is -2.41. The van der Waals surface area contributed by atoms with Crippen LogP contribution in [0.15, 0.2) is 29.4 Å². The first-order valence-corrected chi connectivity index (χ1v) is 8.20. The first-order valence-electron chi connectivity index (χ1n) is 6.25. The van der Waals surface area contributed by atoms with Gasteiger partial charge in [-0.05, 0) is 24.7 Å². The zero-order valence-electron chi connectivity index (χ0n) is 11.6. The van der Waals surface area contributed by atoms with Crippen molar-refractivity contribution in [2.45, 2.75) is 0 Å². The molecule has 1 heterocycles. The van der Waals surface area contributed by atoms with Crippen molar-refractivity contribution < 1.29 is 19.2 Å². The topological polar surface area (TPSA) is 96.6 Å². The first-order chi connectivity index (χ1) is 9.74. The van der Waals surface area contributed by atoms with Gasteiger partial charge in [-0.15, -0.1) is 0 Å². The van der Waals surface area contributed by atoms with E-state index in [1.807, 2.05) is 30.5 Å². The molecule has 21 heavy (non-hydrogen) atoms. The van der Waals surface area contributed by atoms with Crippen molar-refractivity contribution in [1.82, 2.24) is 9.91 Å². The number of hydrazone groups is 1. The van der Waals surface area contributed by atoms with Crippen LogP contribution in [0.4, 0.5) is 0 Å². The molecule has 9 heteroatoms. The van der Waals surface area contributed by atoms with Crippen molar-refractivity contribution in [3.63, 3.8) is 0 Å². The number of rotatable bonds is 2. The molecule has 0 spiro atoms. The zero-order valence-corrected chi connectivity index (χ0v) is 13.3. The van der Waals surface area contributed by atoms with Gasteiger partial charge in [0.15, 0.2) is 0 Å². The summed E-state index contributed by atoms with van der Waals surface area (Å²) in [7, 11) is -2.50. The molecule has 1 saturated heterocycles. The lowest BCUT2D eigenvalue weighted by atomic mass is 10.2. The molecule has 1 fully saturated rings. The third-order valence-electron chi connectivity index (χ3n) is 2.70. The molecule has 1 aromatic carbocycles. The Kier molecular flexibility index (Phi) is 7.31. The van der Waals surface area contributed by atoms with Crippen LogP contribution in [0.1, 0.15) is 5.56 Å². The highest BCUT2D eigenvalue weighted by Gasteiger charge is 2.10. The lowest BCUT2D eigenvalue weighted by Gasteiger charge is -2.30. The van der Waals surface area contributed by atoms with E-state index in [9.17, 15) is 0 Å². The SMILES string of the molecule is CN1CCN(/N=C/c2cccc(Cl)c2)CC1.O=P(O)(O)O. The maximum absolute atomic E-state index is 8.88. The normalized spacial score (nSPS) is 16.7. The molecule has 1 aliphatic heterocycles. The summed E-state index contributed by atoms with van der Waals surface area (Å²) < 4.78 is 8.88. The number of likely N-dealkylation sites (N-methyl/N-ethyl adjacent to an activating group) is 1. The Hall–Kier alpha value is -0.950. The summed E-state index contributed by atoms with van der Waals surface area (Å²) in [5.74, 6) is 0. The van der Waals surface area contributed by atoms with Crippen molar-refractivity contribution in [3.05, 3.63) is 34.9 Å². The molecule has 1 aliphatic rings. The highest BCUT2D eigenvalue weighted by atomic mass is 35.5. The molecule has 1 aromatic rings. The third kappa shape index (κ3) is 9.57. The molecule has 0 unspecified atom stereocenters. The van der Waals surface area contributed by atoms with Crippen molar-refractivity contribution in [1.29, 1.82) is 0 Å². The van der Waals surface area contributed by atoms with Gasteiger partial charge in [0, 0.05) is 31.2 Å². The second kappa shape index (κ2) is 8.48. The predicted octanol–water partition coefficient (Wildman–Crippen LogP) is 0.993. The van der Waals surface area contributed by atoms with Crippen LogP contribution in [0.3, 0.4) is 0 Å². The lowest BCUT2D eigenvalue weighted by molar-refractivity contribution is 0.159. The van der Waals surface area contributed by atoms with Crippen LogP contribution < -0.4 is 0 Å². The van der Waals surface area contributed by atoms with Crippen molar-refractivity contribution in [2.75, 3.05) is 33.2 Å². The van der Waals surface area contributed by atoms with Gasteiger partial charge < -0.3 is 19.6 Å². The Labute approximate surface area is 128 Å². The second-order valence-electron chi connectivity index (χ2n) is 4.57. The molecule has 0 bridgehead atoms. The zero-order chi connectivity index (χ0) is 15.9. The van der Waals surface area contributed by atoms with Crippen LogP contribution in [0.5, 0.6) is 0 Å². The number of piperazine rings is 1. The van der Waals surface area contributed by atoms with E-state index in [0.717, 1.165) is 36.8 Å². The monoisotopic (exact) mass is 335 g/mol. The largest absolute Gasteiger partial charge is 0.466 e. The maximum Gasteiger partial charge on any atom is 0.466 e. The number of phosphoric acid groups is 1. The molecule has 118 valence electrons. The smallest absolute Gasteiger partial charge is 0.303 e. The number of hydrogen-bond donors (Lipinski definition) is 3. The number of halogens is 1. The summed E-state index contributed by atoms with van der Waals surface area (Å²) in [6.07, 6.45) is 1.87. The predicted molar refractivity (Wildman–Crippen MR) is 82.4 cm³/mol.